The smallest absolute Gasteiger partial charge is 0.133 e. The molecule has 0 bridgehead atoms. The molecule has 35 heavy (non-hydrogen) atoms. The summed E-state index contributed by atoms with van der Waals surface area (Å²) in [7, 11) is 0. The maximum Gasteiger partial charge on any atom is 0.133 e. The summed E-state index contributed by atoms with van der Waals surface area (Å²) in [5.41, 5.74) is 5.02. The third-order valence-corrected chi connectivity index (χ3v) is 7.76. The summed E-state index contributed by atoms with van der Waals surface area (Å²) in [6, 6.07) is 19.9. The van der Waals surface area contributed by atoms with E-state index in [9.17, 15) is 8.78 Å². The van der Waals surface area contributed by atoms with Crippen LogP contribution in [0.3, 0.4) is 0 Å². The van der Waals surface area contributed by atoms with Gasteiger partial charge in [-0.15, -0.1) is 0 Å². The van der Waals surface area contributed by atoms with Crippen LogP contribution in [0.15, 0.2) is 72.9 Å². The Kier molecular flexibility index (Phi) is 5.56. The molecule has 0 unspecified atom stereocenters. The van der Waals surface area contributed by atoms with Crippen molar-refractivity contribution in [2.24, 2.45) is 5.92 Å². The molecule has 0 aliphatic heterocycles. The van der Waals surface area contributed by atoms with Gasteiger partial charge in [0.15, 0.2) is 0 Å². The largest absolute Gasteiger partial charge is 0.342 e. The molecule has 0 radical (unpaired) electrons. The van der Waals surface area contributed by atoms with Crippen LogP contribution in [0.5, 0.6) is 0 Å². The fraction of sp³-hybridized carbons (Fsp3) is 0.267. The predicted molar refractivity (Wildman–Crippen MR) is 136 cm³/mol. The van der Waals surface area contributed by atoms with Gasteiger partial charge in [0.1, 0.15) is 17.5 Å². The zero-order valence-corrected chi connectivity index (χ0v) is 19.6. The predicted octanol–water partition coefficient (Wildman–Crippen LogP) is 8.13. The topological polar surface area (TPSA) is 41.6 Å². The van der Waals surface area contributed by atoms with Crippen LogP contribution in [0.2, 0.25) is 0 Å². The third kappa shape index (κ3) is 4.09. The minimum absolute atomic E-state index is 0.217. The lowest BCUT2D eigenvalue weighted by molar-refractivity contribution is 0.286. The van der Waals surface area contributed by atoms with Gasteiger partial charge >= 0.3 is 0 Å². The number of halogens is 2. The Bertz CT molecular complexity index is 1500. The molecule has 0 spiro atoms. The maximum absolute atomic E-state index is 14.8. The molecule has 2 heterocycles. The van der Waals surface area contributed by atoms with E-state index in [-0.39, 0.29) is 17.6 Å². The number of nitrogens with zero attached hydrogens (tertiary/aromatic N) is 2. The van der Waals surface area contributed by atoms with Gasteiger partial charge in [-0.25, -0.2) is 13.8 Å². The van der Waals surface area contributed by atoms with E-state index in [1.807, 2.05) is 48.7 Å². The normalized spacial score (nSPS) is 19.3. The number of hydrogen-bond donors (Lipinski definition) is 1. The quantitative estimate of drug-likeness (QED) is 0.290. The second-order valence-corrected chi connectivity index (χ2v) is 9.80. The molecule has 176 valence electrons. The highest BCUT2D eigenvalue weighted by molar-refractivity contribution is 5.83. The molecule has 3 nitrogen and oxygen atoms in total. The molecule has 5 heteroatoms. The number of fused-ring (bicyclic) bond motifs is 2. The van der Waals surface area contributed by atoms with Gasteiger partial charge < -0.3 is 4.98 Å². The van der Waals surface area contributed by atoms with Gasteiger partial charge in [-0.3, -0.25) is 4.98 Å². The van der Waals surface area contributed by atoms with Crippen LogP contribution in [0.4, 0.5) is 8.78 Å². The van der Waals surface area contributed by atoms with Gasteiger partial charge in [0.2, 0.25) is 0 Å². The summed E-state index contributed by atoms with van der Waals surface area (Å²) in [5.74, 6) is 1.61. The fourth-order valence-corrected chi connectivity index (χ4v) is 5.75. The minimum atomic E-state index is -0.243. The van der Waals surface area contributed by atoms with Crippen LogP contribution in [0, 0.1) is 17.6 Å². The number of hydrogen-bond acceptors (Lipinski definition) is 2. The van der Waals surface area contributed by atoms with E-state index in [0.29, 0.717) is 17.4 Å². The van der Waals surface area contributed by atoms with E-state index in [0.717, 1.165) is 59.0 Å². The SMILES string of the molecule is C[C@@H](c1nc2cc(-c3ccccc3)c(F)cc2[nH]1)[C@H]1CC[C@@H](c2ccnc3ccc(F)cc32)CC1. The molecule has 2 aromatic heterocycles. The molecule has 6 rings (SSSR count). The maximum atomic E-state index is 14.8. The highest BCUT2D eigenvalue weighted by Crippen LogP contribution is 2.43. The first-order valence-electron chi connectivity index (χ1n) is 12.4. The van der Waals surface area contributed by atoms with E-state index in [1.165, 1.54) is 11.6 Å². The van der Waals surface area contributed by atoms with Gasteiger partial charge in [-0.2, -0.15) is 0 Å². The first kappa shape index (κ1) is 21.9. The summed E-state index contributed by atoms with van der Waals surface area (Å²) >= 11 is 0. The second kappa shape index (κ2) is 8.88. The Balaban J connectivity index is 1.21. The summed E-state index contributed by atoms with van der Waals surface area (Å²) in [6.45, 7) is 2.22. The summed E-state index contributed by atoms with van der Waals surface area (Å²) < 4.78 is 28.7. The Morgan fingerprint density at radius 1 is 0.886 bits per heavy atom. The zero-order valence-electron chi connectivity index (χ0n) is 19.6. The first-order chi connectivity index (χ1) is 17.1. The van der Waals surface area contributed by atoms with E-state index in [4.69, 9.17) is 4.98 Å². The molecule has 1 aliphatic carbocycles. The Labute approximate surface area is 203 Å². The molecule has 1 fully saturated rings. The second-order valence-electron chi connectivity index (χ2n) is 9.80. The molecule has 0 amide bonds. The van der Waals surface area contributed by atoms with Crippen molar-refractivity contribution in [1.82, 2.24) is 15.0 Å². The van der Waals surface area contributed by atoms with Crippen molar-refractivity contribution in [3.05, 3.63) is 95.9 Å². The molecule has 1 N–H and O–H groups in total. The molecule has 0 saturated heterocycles. The minimum Gasteiger partial charge on any atom is -0.342 e. The fourth-order valence-electron chi connectivity index (χ4n) is 5.75. The van der Waals surface area contributed by atoms with E-state index in [1.54, 1.807) is 18.2 Å². The summed E-state index contributed by atoms with van der Waals surface area (Å²) in [5, 5.41) is 0.928. The van der Waals surface area contributed by atoms with Crippen LogP contribution >= 0.6 is 0 Å². The van der Waals surface area contributed by atoms with Gasteiger partial charge in [0, 0.05) is 29.1 Å². The molecular formula is C30H27F2N3. The molecule has 1 saturated carbocycles. The average Bonchev–Trinajstić information content (AvgIpc) is 3.31. The average molecular weight is 468 g/mol. The van der Waals surface area contributed by atoms with Crippen molar-refractivity contribution in [3.63, 3.8) is 0 Å². The lowest BCUT2D eigenvalue weighted by atomic mass is 9.73. The van der Waals surface area contributed by atoms with Crippen LogP contribution in [-0.4, -0.2) is 15.0 Å². The number of aromatic nitrogens is 3. The Hall–Kier alpha value is -3.60. The van der Waals surface area contributed by atoms with E-state index in [2.05, 4.69) is 16.9 Å². The Morgan fingerprint density at radius 3 is 2.49 bits per heavy atom. The number of pyridine rings is 1. The molecule has 3 aromatic carbocycles. The van der Waals surface area contributed by atoms with E-state index < -0.39 is 0 Å². The van der Waals surface area contributed by atoms with Crippen molar-refractivity contribution in [1.29, 1.82) is 0 Å². The van der Waals surface area contributed by atoms with Crippen LogP contribution < -0.4 is 0 Å². The summed E-state index contributed by atoms with van der Waals surface area (Å²) in [6.07, 6.45) is 6.09. The van der Waals surface area contributed by atoms with Crippen molar-refractivity contribution in [3.8, 4) is 11.1 Å². The number of H-pyrrole nitrogens is 1. The first-order valence-corrected chi connectivity index (χ1v) is 12.4. The zero-order chi connectivity index (χ0) is 23.9. The van der Waals surface area contributed by atoms with Gasteiger partial charge in [0.05, 0.1) is 16.6 Å². The number of aromatic amines is 1. The third-order valence-electron chi connectivity index (χ3n) is 7.76. The standard InChI is InChI=1S/C30H27F2N3/c1-18(30-34-28-16-24(20-5-3-2-4-6-20)26(32)17-29(28)35-30)19-7-9-21(10-8-19)23-13-14-33-27-12-11-22(31)15-25(23)27/h2-6,11-19,21H,7-10H2,1H3,(H,34,35)/t18-,19-,21+/m1/s1. The van der Waals surface area contributed by atoms with Gasteiger partial charge in [0.25, 0.3) is 0 Å². The highest BCUT2D eigenvalue weighted by Gasteiger charge is 2.29. The number of rotatable bonds is 4. The van der Waals surface area contributed by atoms with Crippen molar-refractivity contribution >= 4 is 21.9 Å². The van der Waals surface area contributed by atoms with Crippen molar-refractivity contribution in [2.45, 2.75) is 44.4 Å². The van der Waals surface area contributed by atoms with Gasteiger partial charge in [-0.05, 0) is 79.0 Å². The molecule has 5 aromatic rings. The van der Waals surface area contributed by atoms with Crippen LogP contribution in [0.25, 0.3) is 33.1 Å². The molecule has 1 atom stereocenters. The van der Waals surface area contributed by atoms with Gasteiger partial charge in [-0.1, -0.05) is 37.3 Å². The van der Waals surface area contributed by atoms with E-state index >= 15 is 0 Å². The molecule has 1 aliphatic rings. The number of benzene rings is 3. The van der Waals surface area contributed by atoms with Crippen molar-refractivity contribution < 1.29 is 8.78 Å². The van der Waals surface area contributed by atoms with Crippen molar-refractivity contribution in [2.75, 3.05) is 0 Å². The summed E-state index contributed by atoms with van der Waals surface area (Å²) in [4.78, 5) is 12.7. The Morgan fingerprint density at radius 2 is 1.69 bits per heavy atom. The highest BCUT2D eigenvalue weighted by atomic mass is 19.1. The lowest BCUT2D eigenvalue weighted by Crippen LogP contribution is -2.19. The lowest BCUT2D eigenvalue weighted by Gasteiger charge is -2.32. The van der Waals surface area contributed by atoms with Crippen LogP contribution in [0.1, 0.15) is 55.8 Å². The monoisotopic (exact) mass is 467 g/mol. The number of imidazole rings is 1. The molecular weight excluding hydrogens is 440 g/mol. The van der Waals surface area contributed by atoms with Crippen LogP contribution in [-0.2, 0) is 0 Å². The number of nitrogens with one attached hydrogen (secondary N) is 1.